The molecule has 0 unspecified atom stereocenters. The average molecular weight is 414 g/mol. The smallest absolute Gasteiger partial charge is 0.345 e. The van der Waals surface area contributed by atoms with Gasteiger partial charge in [0.25, 0.3) is 0 Å². The fraction of sp³-hybridized carbons (Fsp3) is 0.385. The first kappa shape index (κ1) is 17.7. The normalized spacial score (nSPS) is 12.6. The molecule has 21 heavy (non-hydrogen) atoms. The van der Waals surface area contributed by atoms with Gasteiger partial charge in [0, 0.05) is 13.3 Å². The van der Waals surface area contributed by atoms with E-state index >= 15 is 0 Å². The number of rotatable bonds is 5. The number of benzene rings is 1. The quantitative estimate of drug-likeness (QED) is 0.442. The SMILES string of the molecule is CC(=O)N[C@H](Cc1cccc(C(F)(F)F)c1)C(=O)NCI. The van der Waals surface area contributed by atoms with Gasteiger partial charge in [0.1, 0.15) is 6.04 Å². The molecule has 0 aliphatic rings. The summed E-state index contributed by atoms with van der Waals surface area (Å²) in [4.78, 5) is 22.9. The summed E-state index contributed by atoms with van der Waals surface area (Å²) >= 11 is 1.92. The number of carbonyl (C=O) groups is 2. The van der Waals surface area contributed by atoms with Crippen molar-refractivity contribution in [3.05, 3.63) is 35.4 Å². The zero-order valence-electron chi connectivity index (χ0n) is 11.1. The first-order valence-corrected chi connectivity index (χ1v) is 7.53. The van der Waals surface area contributed by atoms with E-state index in [4.69, 9.17) is 0 Å². The summed E-state index contributed by atoms with van der Waals surface area (Å²) in [6, 6.07) is 3.80. The summed E-state index contributed by atoms with van der Waals surface area (Å²) in [5, 5.41) is 4.96. The Hall–Kier alpha value is -1.32. The minimum absolute atomic E-state index is 0.00796. The number of hydrogen-bond acceptors (Lipinski definition) is 2. The van der Waals surface area contributed by atoms with Crippen molar-refractivity contribution in [1.82, 2.24) is 10.6 Å². The predicted molar refractivity (Wildman–Crippen MR) is 79.8 cm³/mol. The molecule has 0 saturated carbocycles. The highest BCUT2D eigenvalue weighted by molar-refractivity contribution is 14.1. The van der Waals surface area contributed by atoms with Crippen LogP contribution in [0.5, 0.6) is 0 Å². The summed E-state index contributed by atoms with van der Waals surface area (Å²) in [6.45, 7) is 1.25. The van der Waals surface area contributed by atoms with E-state index in [0.717, 1.165) is 12.1 Å². The van der Waals surface area contributed by atoms with Crippen molar-refractivity contribution in [2.24, 2.45) is 0 Å². The third-order valence-corrected chi connectivity index (χ3v) is 3.01. The number of alkyl halides is 4. The molecular formula is C13H14F3IN2O2. The Labute approximate surface area is 133 Å². The third-order valence-electron chi connectivity index (χ3n) is 2.63. The van der Waals surface area contributed by atoms with E-state index < -0.39 is 29.6 Å². The molecule has 116 valence electrons. The molecule has 0 aliphatic carbocycles. The second kappa shape index (κ2) is 7.62. The monoisotopic (exact) mass is 414 g/mol. The molecule has 0 heterocycles. The Morgan fingerprint density at radius 2 is 2.00 bits per heavy atom. The molecule has 0 radical (unpaired) electrons. The van der Waals surface area contributed by atoms with Crippen LogP contribution in [0.25, 0.3) is 0 Å². The maximum atomic E-state index is 12.6. The zero-order valence-corrected chi connectivity index (χ0v) is 13.3. The van der Waals surface area contributed by atoms with E-state index in [9.17, 15) is 22.8 Å². The lowest BCUT2D eigenvalue weighted by molar-refractivity contribution is -0.137. The number of carbonyl (C=O) groups excluding carboxylic acids is 2. The first-order chi connectivity index (χ1) is 9.74. The summed E-state index contributed by atoms with van der Waals surface area (Å²) in [7, 11) is 0. The van der Waals surface area contributed by atoms with Crippen LogP contribution in [0.15, 0.2) is 24.3 Å². The molecule has 0 aliphatic heterocycles. The van der Waals surface area contributed by atoms with Crippen LogP contribution in [0.3, 0.4) is 0 Å². The van der Waals surface area contributed by atoms with Gasteiger partial charge in [0.15, 0.2) is 0 Å². The number of halogens is 4. The Bertz CT molecular complexity index is 520. The van der Waals surface area contributed by atoms with Gasteiger partial charge >= 0.3 is 6.18 Å². The molecule has 2 amide bonds. The lowest BCUT2D eigenvalue weighted by Gasteiger charge is -2.17. The number of amides is 2. The third kappa shape index (κ3) is 5.90. The molecule has 4 nitrogen and oxygen atoms in total. The molecule has 0 bridgehead atoms. The summed E-state index contributed by atoms with van der Waals surface area (Å²) in [5.74, 6) is -0.854. The second-order valence-electron chi connectivity index (χ2n) is 4.33. The van der Waals surface area contributed by atoms with Crippen molar-refractivity contribution in [3.8, 4) is 0 Å². The number of nitrogens with one attached hydrogen (secondary N) is 2. The van der Waals surface area contributed by atoms with Crippen LogP contribution in [-0.2, 0) is 22.2 Å². The van der Waals surface area contributed by atoms with Crippen molar-refractivity contribution >= 4 is 34.4 Å². The molecule has 1 aromatic carbocycles. The van der Waals surface area contributed by atoms with Gasteiger partial charge in [0.05, 0.1) is 10.1 Å². The van der Waals surface area contributed by atoms with Crippen LogP contribution in [-0.4, -0.2) is 22.4 Å². The summed E-state index contributed by atoms with van der Waals surface area (Å²) in [6.07, 6.45) is -4.45. The standard InChI is InChI=1S/C13H14F3IN2O2/c1-8(20)19-11(12(21)18-7-17)6-9-3-2-4-10(5-9)13(14,15)16/h2-5,11H,6-7H2,1H3,(H,18,21)(H,19,20)/t11-/m1/s1. The Morgan fingerprint density at radius 3 is 2.52 bits per heavy atom. The molecule has 0 aromatic heterocycles. The van der Waals surface area contributed by atoms with Gasteiger partial charge in [-0.05, 0) is 11.6 Å². The van der Waals surface area contributed by atoms with Crippen LogP contribution < -0.4 is 10.6 Å². The molecule has 0 fully saturated rings. The summed E-state index contributed by atoms with van der Waals surface area (Å²) < 4.78 is 38.3. The second-order valence-corrected chi connectivity index (χ2v) is 5.09. The van der Waals surface area contributed by atoms with Gasteiger partial charge in [-0.25, -0.2) is 0 Å². The van der Waals surface area contributed by atoms with Crippen molar-refractivity contribution in [2.45, 2.75) is 25.6 Å². The van der Waals surface area contributed by atoms with Gasteiger partial charge in [-0.1, -0.05) is 40.8 Å². The average Bonchev–Trinajstić information content (AvgIpc) is 2.37. The Morgan fingerprint density at radius 1 is 1.33 bits per heavy atom. The van der Waals surface area contributed by atoms with Crippen LogP contribution >= 0.6 is 22.6 Å². The Kier molecular flexibility index (Phi) is 6.43. The molecule has 1 aromatic rings. The minimum atomic E-state index is -4.44. The van der Waals surface area contributed by atoms with Crippen LogP contribution in [0, 0.1) is 0 Å². The van der Waals surface area contributed by atoms with Gasteiger partial charge < -0.3 is 10.6 Å². The Balaban J connectivity index is 2.92. The van der Waals surface area contributed by atoms with Gasteiger partial charge in [-0.3, -0.25) is 9.59 Å². The topological polar surface area (TPSA) is 58.2 Å². The molecule has 2 N–H and O–H groups in total. The van der Waals surface area contributed by atoms with E-state index in [1.54, 1.807) is 0 Å². The first-order valence-electron chi connectivity index (χ1n) is 6.01. The van der Waals surface area contributed by atoms with Gasteiger partial charge in [-0.15, -0.1) is 0 Å². The van der Waals surface area contributed by atoms with Crippen molar-refractivity contribution in [2.75, 3.05) is 4.55 Å². The minimum Gasteiger partial charge on any atom is -0.345 e. The fourth-order valence-electron chi connectivity index (χ4n) is 1.75. The van der Waals surface area contributed by atoms with Crippen molar-refractivity contribution in [3.63, 3.8) is 0 Å². The lowest BCUT2D eigenvalue weighted by atomic mass is 10.0. The van der Waals surface area contributed by atoms with E-state index in [1.165, 1.54) is 19.1 Å². The summed E-state index contributed by atoms with van der Waals surface area (Å²) in [5.41, 5.74) is -0.456. The zero-order chi connectivity index (χ0) is 16.0. The molecule has 0 saturated heterocycles. The van der Waals surface area contributed by atoms with Crippen LogP contribution in [0.4, 0.5) is 13.2 Å². The molecule has 1 atom stereocenters. The van der Waals surface area contributed by atoms with E-state index in [2.05, 4.69) is 10.6 Å². The number of hydrogen-bond donors (Lipinski definition) is 2. The van der Waals surface area contributed by atoms with E-state index in [0.29, 0.717) is 10.1 Å². The van der Waals surface area contributed by atoms with Crippen molar-refractivity contribution < 1.29 is 22.8 Å². The van der Waals surface area contributed by atoms with Gasteiger partial charge in [0.2, 0.25) is 11.8 Å². The van der Waals surface area contributed by atoms with Crippen LogP contribution in [0.2, 0.25) is 0 Å². The highest BCUT2D eigenvalue weighted by atomic mass is 127. The lowest BCUT2D eigenvalue weighted by Crippen LogP contribution is -2.47. The highest BCUT2D eigenvalue weighted by Crippen LogP contribution is 2.29. The van der Waals surface area contributed by atoms with Gasteiger partial charge in [-0.2, -0.15) is 13.2 Å². The molecular weight excluding hydrogens is 400 g/mol. The maximum Gasteiger partial charge on any atom is 0.416 e. The predicted octanol–water partition coefficient (Wildman–Crippen LogP) is 2.26. The highest BCUT2D eigenvalue weighted by Gasteiger charge is 2.30. The van der Waals surface area contributed by atoms with E-state index in [1.807, 2.05) is 22.6 Å². The molecule has 1 rings (SSSR count). The molecule has 0 spiro atoms. The van der Waals surface area contributed by atoms with Crippen LogP contribution in [0.1, 0.15) is 18.1 Å². The van der Waals surface area contributed by atoms with Crippen molar-refractivity contribution in [1.29, 1.82) is 0 Å². The molecule has 8 heteroatoms. The maximum absolute atomic E-state index is 12.6. The van der Waals surface area contributed by atoms with E-state index in [-0.39, 0.29) is 6.42 Å². The fourth-order valence-corrected chi connectivity index (χ4v) is 2.13. The largest absolute Gasteiger partial charge is 0.416 e.